The Labute approximate surface area is 148 Å². The van der Waals surface area contributed by atoms with Crippen LogP contribution in [0.2, 0.25) is 0 Å². The first-order valence-corrected chi connectivity index (χ1v) is 8.18. The Hall–Kier alpha value is -3.60. The molecule has 1 N–H and O–H groups in total. The minimum atomic E-state index is -0.415. The number of rotatable bonds is 2. The zero-order valence-electron chi connectivity index (χ0n) is 13.9. The molecule has 5 nitrogen and oxygen atoms in total. The van der Waals surface area contributed by atoms with Crippen molar-refractivity contribution in [2.75, 3.05) is 0 Å². The van der Waals surface area contributed by atoms with E-state index in [1.54, 1.807) is 24.5 Å². The lowest BCUT2D eigenvalue weighted by atomic mass is 9.95. The first-order valence-electron chi connectivity index (χ1n) is 8.18. The third-order valence-corrected chi connectivity index (χ3v) is 4.77. The molecule has 1 aliphatic heterocycles. The van der Waals surface area contributed by atoms with Crippen LogP contribution in [0.15, 0.2) is 59.3 Å². The Morgan fingerprint density at radius 1 is 1.00 bits per heavy atom. The Morgan fingerprint density at radius 2 is 1.77 bits per heavy atom. The second-order valence-corrected chi connectivity index (χ2v) is 6.26. The van der Waals surface area contributed by atoms with Crippen LogP contribution in [0.3, 0.4) is 0 Å². The van der Waals surface area contributed by atoms with E-state index < -0.39 is 11.8 Å². The smallest absolute Gasteiger partial charge is 0.259 e. The summed E-state index contributed by atoms with van der Waals surface area (Å²) in [5.74, 6) is -0.810. The highest BCUT2D eigenvalue weighted by Crippen LogP contribution is 2.38. The average molecular weight is 341 g/mol. The highest BCUT2D eigenvalue weighted by molar-refractivity contribution is 6.50. The van der Waals surface area contributed by atoms with Crippen LogP contribution in [0.5, 0.6) is 0 Å². The normalized spacial score (nSPS) is 14.7. The van der Waals surface area contributed by atoms with Crippen LogP contribution in [0.1, 0.15) is 11.1 Å². The number of para-hydroxylation sites is 1. The van der Waals surface area contributed by atoms with E-state index in [2.05, 4.69) is 11.4 Å². The fourth-order valence-electron chi connectivity index (χ4n) is 3.63. The van der Waals surface area contributed by atoms with Crippen molar-refractivity contribution in [2.45, 2.75) is 0 Å². The lowest BCUT2D eigenvalue weighted by Gasteiger charge is -2.04. The molecule has 0 fully saturated rings. The van der Waals surface area contributed by atoms with Gasteiger partial charge in [0.25, 0.3) is 11.8 Å². The minimum Gasteiger partial charge on any atom is -0.464 e. The van der Waals surface area contributed by atoms with Crippen molar-refractivity contribution in [3.63, 3.8) is 0 Å². The molecule has 1 radical (unpaired) electrons. The van der Waals surface area contributed by atoms with Gasteiger partial charge in [-0.3, -0.25) is 14.9 Å². The number of aryl methyl sites for hydroxylation is 1. The lowest BCUT2D eigenvalue weighted by Crippen LogP contribution is -2.22. The van der Waals surface area contributed by atoms with Crippen molar-refractivity contribution in [1.29, 1.82) is 0 Å². The Morgan fingerprint density at radius 3 is 2.62 bits per heavy atom. The van der Waals surface area contributed by atoms with Gasteiger partial charge in [-0.2, -0.15) is 0 Å². The van der Waals surface area contributed by atoms with Gasteiger partial charge in [0, 0.05) is 40.7 Å². The standard InChI is InChI=1S/C21H13N2O3/c1-23-11-15(13-6-2-3-8-16(13)23)18-17(20(24)22-21(18)25)14-7-4-5-12-9-10-26-19(12)14/h2-4,6-11H,1H3,(H,22,24,25). The molecule has 26 heavy (non-hydrogen) atoms. The number of furan rings is 1. The molecule has 5 heteroatoms. The summed E-state index contributed by atoms with van der Waals surface area (Å²) in [5, 5.41) is 4.12. The largest absolute Gasteiger partial charge is 0.464 e. The lowest BCUT2D eigenvalue weighted by molar-refractivity contribution is -0.122. The highest BCUT2D eigenvalue weighted by atomic mass is 16.3. The second kappa shape index (κ2) is 5.20. The minimum absolute atomic E-state index is 0.334. The van der Waals surface area contributed by atoms with Crippen molar-refractivity contribution in [3.05, 3.63) is 72.1 Å². The quantitative estimate of drug-likeness (QED) is 0.569. The molecule has 0 spiro atoms. The van der Waals surface area contributed by atoms with E-state index in [0.717, 1.165) is 21.9 Å². The van der Waals surface area contributed by atoms with Crippen LogP contribution >= 0.6 is 0 Å². The van der Waals surface area contributed by atoms with Crippen LogP contribution < -0.4 is 5.32 Å². The fraction of sp³-hybridized carbons (Fsp3) is 0.0476. The number of benzene rings is 2. The Bertz CT molecular complexity index is 1260. The van der Waals surface area contributed by atoms with E-state index >= 15 is 0 Å². The number of imide groups is 1. The van der Waals surface area contributed by atoms with E-state index in [1.807, 2.05) is 42.1 Å². The molecule has 0 bridgehead atoms. The van der Waals surface area contributed by atoms with E-state index in [4.69, 9.17) is 4.42 Å². The molecule has 0 saturated carbocycles. The molecular weight excluding hydrogens is 328 g/mol. The molecule has 3 heterocycles. The van der Waals surface area contributed by atoms with Gasteiger partial charge in [-0.25, -0.2) is 0 Å². The van der Waals surface area contributed by atoms with Crippen molar-refractivity contribution in [1.82, 2.24) is 9.88 Å². The van der Waals surface area contributed by atoms with E-state index in [1.165, 1.54) is 0 Å². The summed E-state index contributed by atoms with van der Waals surface area (Å²) in [6.07, 6.45) is 3.43. The Balaban J connectivity index is 1.88. The fourth-order valence-corrected chi connectivity index (χ4v) is 3.63. The van der Waals surface area contributed by atoms with Gasteiger partial charge in [0.2, 0.25) is 0 Å². The third-order valence-electron chi connectivity index (χ3n) is 4.77. The first kappa shape index (κ1) is 14.7. The zero-order chi connectivity index (χ0) is 17.8. The molecule has 4 aromatic rings. The van der Waals surface area contributed by atoms with Crippen molar-refractivity contribution < 1.29 is 14.0 Å². The van der Waals surface area contributed by atoms with Crippen LogP contribution in [-0.4, -0.2) is 16.4 Å². The van der Waals surface area contributed by atoms with Gasteiger partial charge < -0.3 is 8.98 Å². The molecule has 2 aromatic carbocycles. The molecule has 0 unspecified atom stereocenters. The molecule has 5 rings (SSSR count). The zero-order valence-corrected chi connectivity index (χ0v) is 13.9. The first-order chi connectivity index (χ1) is 12.6. The van der Waals surface area contributed by atoms with Gasteiger partial charge in [0.15, 0.2) is 0 Å². The number of nitrogens with one attached hydrogen (secondary N) is 1. The molecule has 0 atom stereocenters. The summed E-state index contributed by atoms with van der Waals surface area (Å²) < 4.78 is 7.51. The summed E-state index contributed by atoms with van der Waals surface area (Å²) in [6, 6.07) is 16.1. The predicted octanol–water partition coefficient (Wildman–Crippen LogP) is 3.29. The molecule has 0 saturated heterocycles. The maximum absolute atomic E-state index is 12.7. The summed E-state index contributed by atoms with van der Waals surface area (Å²) >= 11 is 0. The number of amides is 2. The number of nitrogens with zero attached hydrogens (tertiary/aromatic N) is 1. The monoisotopic (exact) mass is 341 g/mol. The molecular formula is C21H13N2O3. The Kier molecular flexibility index (Phi) is 2.94. The van der Waals surface area contributed by atoms with Crippen LogP contribution in [0, 0.1) is 6.07 Å². The maximum atomic E-state index is 12.7. The van der Waals surface area contributed by atoms with Gasteiger partial charge >= 0.3 is 0 Å². The third kappa shape index (κ3) is 1.91. The van der Waals surface area contributed by atoms with E-state index in [0.29, 0.717) is 22.3 Å². The second-order valence-electron chi connectivity index (χ2n) is 6.26. The molecule has 125 valence electrons. The van der Waals surface area contributed by atoms with Crippen LogP contribution in [0.4, 0.5) is 0 Å². The highest BCUT2D eigenvalue weighted by Gasteiger charge is 2.34. The van der Waals surface area contributed by atoms with Gasteiger partial charge in [0.05, 0.1) is 17.4 Å². The van der Waals surface area contributed by atoms with Gasteiger partial charge in [0.1, 0.15) is 5.58 Å². The van der Waals surface area contributed by atoms with Crippen molar-refractivity contribution >= 4 is 44.8 Å². The summed E-state index contributed by atoms with van der Waals surface area (Å²) in [4.78, 5) is 25.3. The van der Waals surface area contributed by atoms with E-state index in [9.17, 15) is 9.59 Å². The number of hydrogen-bond acceptors (Lipinski definition) is 3. The van der Waals surface area contributed by atoms with Gasteiger partial charge in [-0.05, 0) is 24.3 Å². The maximum Gasteiger partial charge on any atom is 0.259 e. The van der Waals surface area contributed by atoms with Gasteiger partial charge in [-0.15, -0.1) is 0 Å². The molecule has 2 aromatic heterocycles. The van der Waals surface area contributed by atoms with E-state index in [-0.39, 0.29) is 0 Å². The van der Waals surface area contributed by atoms with Crippen molar-refractivity contribution in [3.8, 4) is 0 Å². The number of carbonyl (C=O) groups is 2. The number of carbonyl (C=O) groups excluding carboxylic acids is 2. The number of aromatic nitrogens is 1. The molecule has 2 amide bonds. The van der Waals surface area contributed by atoms with Crippen molar-refractivity contribution in [2.24, 2.45) is 7.05 Å². The molecule has 1 aliphatic rings. The number of fused-ring (bicyclic) bond motifs is 2. The molecule has 0 aliphatic carbocycles. The average Bonchev–Trinajstić information content (AvgIpc) is 3.31. The summed E-state index contributed by atoms with van der Waals surface area (Å²) in [5.41, 5.74) is 3.57. The van der Waals surface area contributed by atoms with Crippen LogP contribution in [0.25, 0.3) is 33.0 Å². The summed E-state index contributed by atoms with van der Waals surface area (Å²) in [6.45, 7) is 0. The SMILES string of the molecule is Cn1cc(C2=C(c3cc[c]c4ccoc34)C(=O)NC2=O)c2ccccc21. The number of hydrogen-bond donors (Lipinski definition) is 1. The topological polar surface area (TPSA) is 64.2 Å². The predicted molar refractivity (Wildman–Crippen MR) is 97.9 cm³/mol. The van der Waals surface area contributed by atoms with Gasteiger partial charge in [-0.1, -0.05) is 24.3 Å². The van der Waals surface area contributed by atoms with Crippen LogP contribution in [-0.2, 0) is 16.6 Å². The summed E-state index contributed by atoms with van der Waals surface area (Å²) in [7, 11) is 1.92.